The number of hydrogen-bond acceptors (Lipinski definition) is 4. The van der Waals surface area contributed by atoms with Crippen LogP contribution in [0.25, 0.3) is 5.69 Å². The first-order chi connectivity index (χ1) is 12.4. The zero-order valence-electron chi connectivity index (χ0n) is 14.4. The molecule has 1 amide bonds. The van der Waals surface area contributed by atoms with Gasteiger partial charge in [0.25, 0.3) is 5.91 Å². The van der Waals surface area contributed by atoms with Crippen LogP contribution < -0.4 is 0 Å². The Hall–Kier alpha value is -2.41. The van der Waals surface area contributed by atoms with Crippen molar-refractivity contribution in [3.63, 3.8) is 0 Å². The van der Waals surface area contributed by atoms with Gasteiger partial charge in [-0.05, 0) is 38.3 Å². The number of para-hydroxylation sites is 1. The lowest BCUT2D eigenvalue weighted by Gasteiger charge is -2.19. The van der Waals surface area contributed by atoms with E-state index >= 15 is 0 Å². The Bertz CT molecular complexity index is 892. The van der Waals surface area contributed by atoms with E-state index in [0.717, 1.165) is 18.7 Å². The fraction of sp³-hybridized carbons (Fsp3) is 0.444. The number of amides is 1. The molecule has 1 aliphatic carbocycles. The van der Waals surface area contributed by atoms with E-state index in [2.05, 4.69) is 10.1 Å². The Morgan fingerprint density at radius 1 is 1.31 bits per heavy atom. The number of halogens is 1. The molecule has 1 unspecified atom stereocenters. The van der Waals surface area contributed by atoms with Crippen molar-refractivity contribution < 1.29 is 14.7 Å². The molecule has 8 heteroatoms. The van der Waals surface area contributed by atoms with E-state index in [4.69, 9.17) is 11.6 Å². The van der Waals surface area contributed by atoms with Crippen LogP contribution in [0.15, 0.2) is 24.3 Å². The highest BCUT2D eigenvalue weighted by Crippen LogP contribution is 2.40. The Kier molecular flexibility index (Phi) is 3.99. The highest BCUT2D eigenvalue weighted by atomic mass is 35.5. The third-order valence-electron chi connectivity index (χ3n) is 5.12. The second-order valence-electron chi connectivity index (χ2n) is 7.27. The smallest absolute Gasteiger partial charge is 0.311 e. The molecule has 136 valence electrons. The molecule has 2 fully saturated rings. The summed E-state index contributed by atoms with van der Waals surface area (Å²) in [7, 11) is 0. The van der Waals surface area contributed by atoms with Gasteiger partial charge < -0.3 is 10.0 Å². The van der Waals surface area contributed by atoms with Crippen molar-refractivity contribution in [3.8, 4) is 5.69 Å². The summed E-state index contributed by atoms with van der Waals surface area (Å²) in [5.74, 6) is -0.102. The lowest BCUT2D eigenvalue weighted by Crippen LogP contribution is -2.35. The second kappa shape index (κ2) is 6.09. The number of carbonyl (C=O) groups excluding carboxylic acids is 1. The lowest BCUT2D eigenvalue weighted by atomic mass is 9.90. The van der Waals surface area contributed by atoms with Crippen LogP contribution in [0.2, 0.25) is 5.02 Å². The van der Waals surface area contributed by atoms with E-state index in [1.54, 1.807) is 17.7 Å². The summed E-state index contributed by atoms with van der Waals surface area (Å²) < 4.78 is 1.65. The molecule has 1 saturated heterocycles. The van der Waals surface area contributed by atoms with Crippen LogP contribution in [-0.2, 0) is 4.79 Å². The minimum absolute atomic E-state index is 0.0986. The minimum atomic E-state index is -0.916. The predicted octanol–water partition coefficient (Wildman–Crippen LogP) is 2.73. The van der Waals surface area contributed by atoms with Gasteiger partial charge in [0.2, 0.25) is 5.82 Å². The van der Waals surface area contributed by atoms with Crippen molar-refractivity contribution in [2.75, 3.05) is 13.1 Å². The van der Waals surface area contributed by atoms with Crippen molar-refractivity contribution >= 4 is 23.5 Å². The van der Waals surface area contributed by atoms with Crippen molar-refractivity contribution in [2.24, 2.45) is 5.41 Å². The summed E-state index contributed by atoms with van der Waals surface area (Å²) in [4.78, 5) is 30.3. The molecular weight excluding hydrogens is 356 g/mol. The number of likely N-dealkylation sites (tertiary alicyclic amines) is 1. The van der Waals surface area contributed by atoms with Gasteiger partial charge in [0.15, 0.2) is 0 Å². The third-order valence-corrected chi connectivity index (χ3v) is 5.44. The lowest BCUT2D eigenvalue weighted by molar-refractivity contribution is -0.147. The van der Waals surface area contributed by atoms with Crippen LogP contribution in [0.4, 0.5) is 0 Å². The average Bonchev–Trinajstić information content (AvgIpc) is 3.23. The van der Waals surface area contributed by atoms with Crippen LogP contribution in [0, 0.1) is 5.41 Å². The van der Waals surface area contributed by atoms with Gasteiger partial charge in [0.05, 0.1) is 16.1 Å². The van der Waals surface area contributed by atoms with Gasteiger partial charge in [-0.3, -0.25) is 9.59 Å². The first-order valence-corrected chi connectivity index (χ1v) is 9.01. The van der Waals surface area contributed by atoms with Crippen LogP contribution >= 0.6 is 11.6 Å². The average molecular weight is 375 g/mol. The van der Waals surface area contributed by atoms with Crippen molar-refractivity contribution in [2.45, 2.75) is 32.1 Å². The number of carbonyl (C=O) groups is 2. The predicted molar refractivity (Wildman–Crippen MR) is 94.6 cm³/mol. The Balaban J connectivity index is 1.66. The highest BCUT2D eigenvalue weighted by Gasteiger charge is 2.43. The first-order valence-electron chi connectivity index (χ1n) is 8.63. The quantitative estimate of drug-likeness (QED) is 0.888. The van der Waals surface area contributed by atoms with Crippen molar-refractivity contribution in [1.29, 1.82) is 0 Å². The van der Waals surface area contributed by atoms with E-state index < -0.39 is 11.4 Å². The number of benzene rings is 1. The highest BCUT2D eigenvalue weighted by molar-refractivity contribution is 6.32. The topological polar surface area (TPSA) is 88.3 Å². The molecule has 0 spiro atoms. The SMILES string of the molecule is CC1(C(=O)O)CCN(C(=O)c2nc(C3CC3)n(-c3ccccc3Cl)n2)C1. The summed E-state index contributed by atoms with van der Waals surface area (Å²) in [6, 6.07) is 7.31. The van der Waals surface area contributed by atoms with Gasteiger partial charge in [0, 0.05) is 19.0 Å². The molecule has 1 aliphatic heterocycles. The van der Waals surface area contributed by atoms with Gasteiger partial charge in [-0.15, -0.1) is 5.10 Å². The van der Waals surface area contributed by atoms with Gasteiger partial charge >= 0.3 is 5.97 Å². The Morgan fingerprint density at radius 2 is 2.04 bits per heavy atom. The molecule has 1 N–H and O–H groups in total. The molecule has 2 aliphatic rings. The van der Waals surface area contributed by atoms with Gasteiger partial charge in [-0.1, -0.05) is 23.7 Å². The second-order valence-corrected chi connectivity index (χ2v) is 7.68. The van der Waals surface area contributed by atoms with Crippen LogP contribution in [0.1, 0.15) is 48.5 Å². The molecule has 1 saturated carbocycles. The maximum absolute atomic E-state index is 12.8. The molecule has 1 aromatic carbocycles. The van der Waals surface area contributed by atoms with Crippen molar-refractivity contribution in [3.05, 3.63) is 40.9 Å². The van der Waals surface area contributed by atoms with E-state index in [-0.39, 0.29) is 24.2 Å². The minimum Gasteiger partial charge on any atom is -0.481 e. The van der Waals surface area contributed by atoms with Gasteiger partial charge in [0.1, 0.15) is 5.82 Å². The number of aliphatic carboxylic acids is 1. The van der Waals surface area contributed by atoms with Crippen LogP contribution in [0.3, 0.4) is 0 Å². The molecular formula is C18H19ClN4O3. The molecule has 1 aromatic heterocycles. The van der Waals surface area contributed by atoms with E-state index in [1.165, 1.54) is 4.90 Å². The summed E-state index contributed by atoms with van der Waals surface area (Å²) in [6.45, 7) is 2.22. The van der Waals surface area contributed by atoms with E-state index in [9.17, 15) is 14.7 Å². The zero-order chi connectivity index (χ0) is 18.5. The first kappa shape index (κ1) is 17.0. The fourth-order valence-corrected chi connectivity index (χ4v) is 3.49. The largest absolute Gasteiger partial charge is 0.481 e. The molecule has 0 bridgehead atoms. The fourth-order valence-electron chi connectivity index (χ4n) is 3.27. The summed E-state index contributed by atoms with van der Waals surface area (Å²) in [5.41, 5.74) is -0.222. The van der Waals surface area contributed by atoms with Crippen molar-refractivity contribution in [1.82, 2.24) is 19.7 Å². The number of rotatable bonds is 4. The van der Waals surface area contributed by atoms with Gasteiger partial charge in [-0.25, -0.2) is 9.67 Å². The third kappa shape index (κ3) is 2.86. The number of carboxylic acids is 1. The van der Waals surface area contributed by atoms with E-state index in [0.29, 0.717) is 23.7 Å². The molecule has 2 aromatic rings. The molecule has 2 heterocycles. The standard InChI is InChI=1S/C18H19ClN4O3/c1-18(17(25)26)8-9-22(10-18)16(24)14-20-15(11-6-7-11)23(21-14)13-5-3-2-4-12(13)19/h2-5,11H,6-10H2,1H3,(H,25,26). The number of carboxylic acid groups (broad SMARTS) is 1. The Morgan fingerprint density at radius 3 is 2.65 bits per heavy atom. The monoisotopic (exact) mass is 374 g/mol. The molecule has 1 atom stereocenters. The number of nitrogens with zero attached hydrogens (tertiary/aromatic N) is 4. The maximum atomic E-state index is 12.8. The van der Waals surface area contributed by atoms with Gasteiger partial charge in [-0.2, -0.15) is 0 Å². The Labute approximate surface area is 155 Å². The van der Waals surface area contributed by atoms with E-state index in [1.807, 2.05) is 18.2 Å². The summed E-state index contributed by atoms with van der Waals surface area (Å²) >= 11 is 6.29. The molecule has 0 radical (unpaired) electrons. The van der Waals surface area contributed by atoms with Crippen LogP contribution in [0.5, 0.6) is 0 Å². The zero-order valence-corrected chi connectivity index (χ0v) is 15.1. The number of hydrogen-bond donors (Lipinski definition) is 1. The molecule has 4 rings (SSSR count). The molecule has 7 nitrogen and oxygen atoms in total. The maximum Gasteiger partial charge on any atom is 0.311 e. The molecule has 26 heavy (non-hydrogen) atoms. The summed E-state index contributed by atoms with van der Waals surface area (Å²) in [6.07, 6.45) is 2.45. The normalized spacial score (nSPS) is 22.6. The number of aromatic nitrogens is 3. The summed E-state index contributed by atoms with van der Waals surface area (Å²) in [5, 5.41) is 14.3. The van der Waals surface area contributed by atoms with Crippen LogP contribution in [-0.4, -0.2) is 49.7 Å².